The molecule has 3 nitrogen and oxygen atoms in total. The third kappa shape index (κ3) is 1.94. The Hall–Kier alpha value is -1.72. The van der Waals surface area contributed by atoms with Gasteiger partial charge in [0.25, 0.3) is 0 Å². The number of hydrogen-bond donors (Lipinski definition) is 0. The third-order valence-corrected chi connectivity index (χ3v) is 2.76. The molecule has 6 heteroatoms. The molecule has 1 aliphatic rings. The summed E-state index contributed by atoms with van der Waals surface area (Å²) in [5.41, 5.74) is -0.381. The van der Waals surface area contributed by atoms with Gasteiger partial charge in [0, 0.05) is 18.7 Å². The van der Waals surface area contributed by atoms with E-state index in [4.69, 9.17) is 0 Å². The maximum Gasteiger partial charge on any atom is 0.328 e. The average molecular weight is 245 g/mol. The summed E-state index contributed by atoms with van der Waals surface area (Å²) >= 11 is 0. The van der Waals surface area contributed by atoms with Gasteiger partial charge in [-0.05, 0) is 6.42 Å². The van der Waals surface area contributed by atoms with Gasteiger partial charge in [0.2, 0.25) is 0 Å². The smallest absolute Gasteiger partial charge is 0.328 e. The zero-order valence-corrected chi connectivity index (χ0v) is 9.04. The zero-order chi connectivity index (χ0) is 12.6. The van der Waals surface area contributed by atoms with E-state index in [2.05, 4.69) is 4.74 Å². The van der Waals surface area contributed by atoms with Crippen LogP contribution in [-0.2, 0) is 9.53 Å². The van der Waals surface area contributed by atoms with E-state index in [1.165, 1.54) is 12.0 Å². The molecule has 92 valence electrons. The molecule has 1 fully saturated rings. The lowest BCUT2D eigenvalue weighted by molar-refractivity contribution is -0.143. The molecule has 1 aliphatic heterocycles. The van der Waals surface area contributed by atoms with Gasteiger partial charge < -0.3 is 9.64 Å². The molecule has 1 aromatic rings. The van der Waals surface area contributed by atoms with E-state index in [0.29, 0.717) is 25.1 Å². The number of hydrogen-bond acceptors (Lipinski definition) is 3. The van der Waals surface area contributed by atoms with E-state index >= 15 is 0 Å². The molecule has 1 heterocycles. The van der Waals surface area contributed by atoms with Crippen molar-refractivity contribution in [2.75, 3.05) is 18.6 Å². The van der Waals surface area contributed by atoms with E-state index in [0.717, 1.165) is 0 Å². The SMILES string of the molecule is COC(=O)C1CCN1c1c(F)cc(F)cc1F. The highest BCUT2D eigenvalue weighted by molar-refractivity contribution is 5.82. The highest BCUT2D eigenvalue weighted by atomic mass is 19.1. The minimum Gasteiger partial charge on any atom is -0.467 e. The van der Waals surface area contributed by atoms with E-state index in [1.54, 1.807) is 0 Å². The summed E-state index contributed by atoms with van der Waals surface area (Å²) in [5.74, 6) is -3.58. The molecule has 0 aliphatic carbocycles. The van der Waals surface area contributed by atoms with Crippen molar-refractivity contribution >= 4 is 11.7 Å². The van der Waals surface area contributed by atoms with Gasteiger partial charge in [-0.3, -0.25) is 0 Å². The van der Waals surface area contributed by atoms with Crippen molar-refractivity contribution in [1.82, 2.24) is 0 Å². The monoisotopic (exact) mass is 245 g/mol. The molecule has 1 unspecified atom stereocenters. The van der Waals surface area contributed by atoms with Gasteiger partial charge in [0.15, 0.2) is 11.6 Å². The Morgan fingerprint density at radius 2 is 1.94 bits per heavy atom. The molecule has 0 amide bonds. The largest absolute Gasteiger partial charge is 0.467 e. The van der Waals surface area contributed by atoms with Gasteiger partial charge in [-0.25, -0.2) is 18.0 Å². The second kappa shape index (κ2) is 4.27. The Bertz CT molecular complexity index is 441. The van der Waals surface area contributed by atoms with E-state index in [1.807, 2.05) is 0 Å². The molecule has 1 saturated heterocycles. The summed E-state index contributed by atoms with van der Waals surface area (Å²) in [6.45, 7) is 0.333. The van der Waals surface area contributed by atoms with Crippen molar-refractivity contribution in [3.8, 4) is 0 Å². The highest BCUT2D eigenvalue weighted by Crippen LogP contribution is 2.32. The summed E-state index contributed by atoms with van der Waals surface area (Å²) in [5, 5.41) is 0. The summed E-state index contributed by atoms with van der Waals surface area (Å²) in [6, 6.07) is 0.477. The lowest BCUT2D eigenvalue weighted by atomic mass is 10.0. The zero-order valence-electron chi connectivity index (χ0n) is 9.04. The molecule has 0 radical (unpaired) electrons. The van der Waals surface area contributed by atoms with Crippen molar-refractivity contribution in [1.29, 1.82) is 0 Å². The minimum absolute atomic E-state index is 0.333. The molecule has 0 aromatic heterocycles. The summed E-state index contributed by atoms with van der Waals surface area (Å²) in [4.78, 5) is 12.5. The van der Waals surface area contributed by atoms with Crippen LogP contribution in [0.15, 0.2) is 12.1 Å². The first-order valence-electron chi connectivity index (χ1n) is 5.03. The molecule has 0 saturated carbocycles. The normalized spacial score (nSPS) is 18.8. The van der Waals surface area contributed by atoms with Gasteiger partial charge in [-0.1, -0.05) is 0 Å². The van der Waals surface area contributed by atoms with Crippen LogP contribution in [0.4, 0.5) is 18.9 Å². The number of ether oxygens (including phenoxy) is 1. The van der Waals surface area contributed by atoms with Gasteiger partial charge in [-0.15, -0.1) is 0 Å². The minimum atomic E-state index is -1.02. The lowest BCUT2D eigenvalue weighted by Gasteiger charge is -2.40. The van der Waals surface area contributed by atoms with Crippen molar-refractivity contribution < 1.29 is 22.7 Å². The molecular weight excluding hydrogens is 235 g/mol. The molecule has 1 aromatic carbocycles. The van der Waals surface area contributed by atoms with Gasteiger partial charge in [0.1, 0.15) is 17.5 Å². The summed E-state index contributed by atoms with van der Waals surface area (Å²) in [7, 11) is 1.20. The topological polar surface area (TPSA) is 29.5 Å². The Labute approximate surface area is 95.8 Å². The van der Waals surface area contributed by atoms with Crippen LogP contribution in [0.2, 0.25) is 0 Å². The summed E-state index contributed by atoms with van der Waals surface area (Å²) in [6.07, 6.45) is 0.461. The molecule has 0 N–H and O–H groups in total. The predicted octanol–water partition coefficient (Wildman–Crippen LogP) is 1.86. The van der Waals surface area contributed by atoms with Crippen LogP contribution in [0.3, 0.4) is 0 Å². The van der Waals surface area contributed by atoms with Crippen LogP contribution in [0.1, 0.15) is 6.42 Å². The number of methoxy groups -OCH3 is 1. The molecule has 0 spiro atoms. The molecule has 17 heavy (non-hydrogen) atoms. The van der Waals surface area contributed by atoms with Crippen LogP contribution in [0.5, 0.6) is 0 Å². The number of nitrogens with zero attached hydrogens (tertiary/aromatic N) is 1. The van der Waals surface area contributed by atoms with E-state index in [9.17, 15) is 18.0 Å². The first kappa shape index (κ1) is 11.8. The Morgan fingerprint density at radius 1 is 1.35 bits per heavy atom. The first-order valence-corrected chi connectivity index (χ1v) is 5.03. The van der Waals surface area contributed by atoms with Gasteiger partial charge in [0.05, 0.1) is 7.11 Å². The number of carbonyl (C=O) groups is 1. The Kier molecular flexibility index (Phi) is 2.95. The Morgan fingerprint density at radius 3 is 2.35 bits per heavy atom. The number of rotatable bonds is 2. The van der Waals surface area contributed by atoms with E-state index < -0.39 is 29.5 Å². The van der Waals surface area contributed by atoms with Crippen molar-refractivity contribution in [3.05, 3.63) is 29.6 Å². The van der Waals surface area contributed by atoms with Crippen molar-refractivity contribution in [2.24, 2.45) is 0 Å². The highest BCUT2D eigenvalue weighted by Gasteiger charge is 2.38. The van der Waals surface area contributed by atoms with Crippen LogP contribution in [-0.4, -0.2) is 25.7 Å². The van der Waals surface area contributed by atoms with Crippen molar-refractivity contribution in [3.63, 3.8) is 0 Å². The maximum absolute atomic E-state index is 13.4. The van der Waals surface area contributed by atoms with Crippen LogP contribution < -0.4 is 4.90 Å². The quantitative estimate of drug-likeness (QED) is 0.745. The number of esters is 1. The fourth-order valence-electron chi connectivity index (χ4n) is 1.85. The van der Waals surface area contributed by atoms with Crippen LogP contribution in [0.25, 0.3) is 0 Å². The third-order valence-electron chi connectivity index (χ3n) is 2.76. The average Bonchev–Trinajstić information content (AvgIpc) is 2.21. The predicted molar refractivity (Wildman–Crippen MR) is 54.1 cm³/mol. The number of halogens is 3. The summed E-state index contributed by atoms with van der Waals surface area (Å²) < 4.78 is 44.1. The maximum atomic E-state index is 13.4. The van der Waals surface area contributed by atoms with E-state index in [-0.39, 0.29) is 5.69 Å². The number of carbonyl (C=O) groups excluding carboxylic acids is 1. The number of anilines is 1. The second-order valence-corrected chi connectivity index (χ2v) is 3.74. The number of benzene rings is 1. The van der Waals surface area contributed by atoms with Crippen molar-refractivity contribution in [2.45, 2.75) is 12.5 Å². The van der Waals surface area contributed by atoms with Gasteiger partial charge >= 0.3 is 5.97 Å². The fraction of sp³-hybridized carbons (Fsp3) is 0.364. The van der Waals surface area contributed by atoms with Gasteiger partial charge in [-0.2, -0.15) is 0 Å². The molecule has 0 bridgehead atoms. The first-order chi connectivity index (χ1) is 8.04. The second-order valence-electron chi connectivity index (χ2n) is 3.74. The Balaban J connectivity index is 2.32. The fourth-order valence-corrected chi connectivity index (χ4v) is 1.85. The molecule has 1 atom stereocenters. The van der Waals surface area contributed by atoms with Crippen LogP contribution >= 0.6 is 0 Å². The molecular formula is C11H10F3NO2. The standard InChI is InChI=1S/C11H10F3NO2/c1-17-11(16)9-2-3-15(9)10-7(13)4-6(12)5-8(10)14/h4-5,9H,2-3H2,1H3. The lowest BCUT2D eigenvalue weighted by Crippen LogP contribution is -2.53. The molecule has 2 rings (SSSR count). The van der Waals surface area contributed by atoms with Crippen LogP contribution in [0, 0.1) is 17.5 Å².